The van der Waals surface area contributed by atoms with E-state index in [0.29, 0.717) is 13.1 Å². The first-order chi connectivity index (χ1) is 44.3. The van der Waals surface area contributed by atoms with Crippen LogP contribution in [0.15, 0.2) is 12.2 Å². The van der Waals surface area contributed by atoms with Gasteiger partial charge in [0.1, 0.15) is 66.5 Å². The van der Waals surface area contributed by atoms with Gasteiger partial charge in [0.15, 0.2) is 9.84 Å². The molecule has 96 heavy (non-hydrogen) atoms. The largest absolute Gasteiger partial charge is 0.390 e. The standard InChI is InChI=1S/C69H124N12O14S/c1-26-28-29-45(15)58(82)57-62(86)72-49(27-2)64(88)79(23)54(38-96(94,95)48-30-32-74(18)33-31-48)67(91)75(19)51(35-40(5)6)61(85)73-55(43(11)12)68(92)76(20)50(34-39(3)4)60(84)70-46(16)59(83)71-47(17)63(87)77(21)52(36-41(7)8)65(89)78(22)53(37-42(9)10)66(90)80(24)56(44(13)14)69(93)81(57)25/h26,28,39-58,82H,27,29-38H2,1-25H3,(H,70,84)(H,71,83)(H,72,86)(H,73,85)/b28-26+/t45-,46-,47+,49-,50-,51+,52-,53-,54-,55-,56-,57-,58-/m1/s1. The van der Waals surface area contributed by atoms with Gasteiger partial charge in [0, 0.05) is 49.3 Å². The summed E-state index contributed by atoms with van der Waals surface area (Å²) in [5, 5.41) is 22.4. The summed E-state index contributed by atoms with van der Waals surface area (Å²) in [4.78, 5) is 175. The summed E-state index contributed by atoms with van der Waals surface area (Å²) < 4.78 is 29.4. The molecule has 2 aliphatic heterocycles. The van der Waals surface area contributed by atoms with Crippen LogP contribution in [0, 0.1) is 41.4 Å². The Morgan fingerprint density at radius 2 is 0.854 bits per heavy atom. The van der Waals surface area contributed by atoms with Crippen LogP contribution in [0.3, 0.4) is 0 Å². The molecule has 0 aromatic rings. The van der Waals surface area contributed by atoms with E-state index in [2.05, 4.69) is 21.3 Å². The van der Waals surface area contributed by atoms with E-state index in [1.807, 2.05) is 53.5 Å². The highest BCUT2D eigenvalue weighted by molar-refractivity contribution is 7.92. The normalized spacial score (nSPS) is 27.5. The van der Waals surface area contributed by atoms with Crippen molar-refractivity contribution in [3.05, 3.63) is 12.2 Å². The summed E-state index contributed by atoms with van der Waals surface area (Å²) >= 11 is 0. The first kappa shape index (κ1) is 85.9. The molecule has 2 fully saturated rings. The maximum Gasteiger partial charge on any atom is 0.246 e. The first-order valence-electron chi connectivity index (χ1n) is 34.6. The van der Waals surface area contributed by atoms with Gasteiger partial charge in [-0.1, -0.05) is 109 Å². The van der Waals surface area contributed by atoms with Crippen molar-refractivity contribution in [2.45, 2.75) is 247 Å². The Bertz CT molecular complexity index is 2810. The minimum atomic E-state index is -4.21. The molecule has 27 heteroatoms. The first-order valence-corrected chi connectivity index (χ1v) is 36.3. The average Bonchev–Trinajstić information content (AvgIpc) is 0.807. The number of likely N-dealkylation sites (N-methyl/N-ethyl adjacent to an activating group) is 7. The minimum Gasteiger partial charge on any atom is -0.390 e. The number of sulfone groups is 1. The van der Waals surface area contributed by atoms with E-state index in [0.717, 1.165) is 14.7 Å². The molecular weight excluding hydrogens is 1250 g/mol. The third-order valence-electron chi connectivity index (χ3n) is 18.9. The third kappa shape index (κ3) is 23.2. The van der Waals surface area contributed by atoms with Crippen molar-refractivity contribution >= 4 is 74.8 Å². The van der Waals surface area contributed by atoms with Crippen molar-refractivity contribution in [2.24, 2.45) is 41.4 Å². The maximum atomic E-state index is 15.5. The van der Waals surface area contributed by atoms with Crippen molar-refractivity contribution in [1.29, 1.82) is 0 Å². The van der Waals surface area contributed by atoms with Gasteiger partial charge in [-0.15, -0.1) is 0 Å². The van der Waals surface area contributed by atoms with Crippen molar-refractivity contribution in [3.8, 4) is 0 Å². The quantitative estimate of drug-likeness (QED) is 0.123. The summed E-state index contributed by atoms with van der Waals surface area (Å²) in [7, 11) is 7.21. The lowest BCUT2D eigenvalue weighted by molar-refractivity contribution is -0.157. The second kappa shape index (κ2) is 38.2. The second-order valence-electron chi connectivity index (χ2n) is 29.6. The molecule has 0 spiro atoms. The molecular formula is C69H124N12O14S. The van der Waals surface area contributed by atoms with Crippen molar-refractivity contribution < 1.29 is 66.3 Å². The van der Waals surface area contributed by atoms with E-state index >= 15 is 33.6 Å². The highest BCUT2D eigenvalue weighted by Gasteiger charge is 2.47. The molecule has 11 amide bonds. The van der Waals surface area contributed by atoms with E-state index < -0.39 is 176 Å². The molecule has 2 heterocycles. The number of aliphatic hydroxyl groups is 1. The molecule has 0 saturated carbocycles. The summed E-state index contributed by atoms with van der Waals surface area (Å²) in [5.74, 6) is -12.2. The van der Waals surface area contributed by atoms with Crippen molar-refractivity contribution in [2.75, 3.05) is 75.2 Å². The molecule has 2 saturated heterocycles. The third-order valence-corrected chi connectivity index (χ3v) is 21.2. The predicted molar refractivity (Wildman–Crippen MR) is 372 cm³/mol. The monoisotopic (exact) mass is 1380 g/mol. The van der Waals surface area contributed by atoms with Crippen LogP contribution >= 0.6 is 0 Å². The van der Waals surface area contributed by atoms with Crippen LogP contribution in [0.4, 0.5) is 0 Å². The maximum absolute atomic E-state index is 15.5. The zero-order valence-electron chi connectivity index (χ0n) is 62.7. The predicted octanol–water partition coefficient (Wildman–Crippen LogP) is 3.15. The van der Waals surface area contributed by atoms with Crippen molar-refractivity contribution in [3.63, 3.8) is 0 Å². The molecule has 0 unspecified atom stereocenters. The fourth-order valence-electron chi connectivity index (χ4n) is 12.7. The zero-order valence-corrected chi connectivity index (χ0v) is 63.5. The number of hydrogen-bond donors (Lipinski definition) is 5. The lowest BCUT2D eigenvalue weighted by Gasteiger charge is -2.41. The Morgan fingerprint density at radius 1 is 0.458 bits per heavy atom. The lowest BCUT2D eigenvalue weighted by atomic mass is 9.91. The number of piperidine rings is 1. The van der Waals surface area contributed by atoms with Crippen molar-refractivity contribution in [1.82, 2.24) is 60.5 Å². The molecule has 0 bridgehead atoms. The number of amides is 11. The van der Waals surface area contributed by atoms with Gasteiger partial charge in [-0.3, -0.25) is 52.7 Å². The molecule has 5 N–H and O–H groups in total. The molecule has 2 aliphatic rings. The number of likely N-dealkylation sites (tertiary alicyclic amines) is 1. The fourth-order valence-corrected chi connectivity index (χ4v) is 14.7. The van der Waals surface area contributed by atoms with E-state index in [-0.39, 0.29) is 75.0 Å². The summed E-state index contributed by atoms with van der Waals surface area (Å²) in [6, 6.07) is -15.1. The topological polar surface area (TPSA) is 316 Å². The Hall–Kier alpha value is -6.22. The lowest BCUT2D eigenvalue weighted by Crippen LogP contribution is -2.64. The number of rotatable bonds is 18. The number of carbonyl (C=O) groups excluding carboxylic acids is 11. The number of allylic oxidation sites excluding steroid dienone is 2. The molecule has 26 nitrogen and oxygen atoms in total. The van der Waals surface area contributed by atoms with Gasteiger partial charge in [0.05, 0.1) is 17.1 Å². The van der Waals surface area contributed by atoms with Crippen LogP contribution < -0.4 is 21.3 Å². The fraction of sp³-hybridized carbons (Fsp3) is 0.812. The van der Waals surface area contributed by atoms with Crippen LogP contribution in [-0.2, 0) is 62.6 Å². The molecule has 0 aromatic heterocycles. The van der Waals surface area contributed by atoms with Crippen LogP contribution in [-0.4, -0.2) is 271 Å². The van der Waals surface area contributed by atoms with Gasteiger partial charge in [-0.25, -0.2) is 8.42 Å². The van der Waals surface area contributed by atoms with Crippen LogP contribution in [0.1, 0.15) is 169 Å². The summed E-state index contributed by atoms with van der Waals surface area (Å²) in [6.45, 7) is 30.3. The molecule has 0 radical (unpaired) electrons. The number of nitrogens with zero attached hydrogens (tertiary/aromatic N) is 8. The Morgan fingerprint density at radius 3 is 1.30 bits per heavy atom. The van der Waals surface area contributed by atoms with E-state index in [9.17, 15) is 32.7 Å². The molecule has 0 aliphatic carbocycles. The van der Waals surface area contributed by atoms with Gasteiger partial charge in [-0.05, 0) is 134 Å². The smallest absolute Gasteiger partial charge is 0.246 e. The van der Waals surface area contributed by atoms with Gasteiger partial charge in [0.25, 0.3) is 0 Å². The molecule has 13 atom stereocenters. The Balaban J connectivity index is 3.17. The average molecular weight is 1380 g/mol. The second-order valence-corrected chi connectivity index (χ2v) is 32.0. The molecule has 550 valence electrons. The van der Waals surface area contributed by atoms with Gasteiger partial charge < -0.3 is 65.6 Å². The number of nitrogens with one attached hydrogen (secondary N) is 4. The summed E-state index contributed by atoms with van der Waals surface area (Å²) in [5.41, 5.74) is 0. The molecule has 0 aromatic carbocycles. The van der Waals surface area contributed by atoms with E-state index in [4.69, 9.17) is 0 Å². The number of aliphatic hydroxyl groups excluding tert-OH is 1. The van der Waals surface area contributed by atoms with Crippen LogP contribution in [0.25, 0.3) is 0 Å². The Labute approximate surface area is 574 Å². The number of carbonyl (C=O) groups is 11. The molecule has 2 rings (SSSR count). The summed E-state index contributed by atoms with van der Waals surface area (Å²) in [6.07, 6.45) is 2.87. The Kier molecular flexibility index (Phi) is 34.2. The highest BCUT2D eigenvalue weighted by atomic mass is 32.2. The zero-order chi connectivity index (χ0) is 74.0. The van der Waals surface area contributed by atoms with Gasteiger partial charge in [0.2, 0.25) is 65.0 Å². The van der Waals surface area contributed by atoms with Gasteiger partial charge >= 0.3 is 0 Å². The van der Waals surface area contributed by atoms with E-state index in [1.165, 1.54) is 82.8 Å². The minimum absolute atomic E-state index is 0.00223. The van der Waals surface area contributed by atoms with Crippen LogP contribution in [0.5, 0.6) is 0 Å². The van der Waals surface area contributed by atoms with Crippen LogP contribution in [0.2, 0.25) is 0 Å². The number of hydrogen-bond acceptors (Lipinski definition) is 15. The SMILES string of the molecule is C/C=C/C[C@@H](C)[C@@H](O)[C@@H]1C(=O)N[C@H](CC)C(=O)N(C)[C@H](CS(=O)(=O)C2CCN(C)CC2)C(=O)N(C)[C@@H](CC(C)C)C(=O)N[C@H](C(C)C)C(=O)N(C)[C@H](CC(C)C)C(=O)N[C@H](C)C(=O)N[C@@H](C)C(=O)N(C)[C@H](CC(C)C)C(=O)N(C)[C@H](CC(C)C)C(=O)N(C)[C@H](C(C)C)C(=O)N1C. The highest BCUT2D eigenvalue weighted by Crippen LogP contribution is 2.27. The van der Waals surface area contributed by atoms with Gasteiger partial charge in [-0.2, -0.15) is 0 Å². The van der Waals surface area contributed by atoms with E-state index in [1.54, 1.807) is 74.5 Å².